The van der Waals surface area contributed by atoms with Gasteiger partial charge in [0.2, 0.25) is 0 Å². The topological polar surface area (TPSA) is 107 Å². The average molecular weight is 408 g/mol. The third kappa shape index (κ3) is 3.70. The third-order valence-electron chi connectivity index (χ3n) is 4.67. The van der Waals surface area contributed by atoms with Gasteiger partial charge in [0.1, 0.15) is 25.2 Å². The molecule has 0 aliphatic heterocycles. The van der Waals surface area contributed by atoms with Crippen LogP contribution in [0, 0.1) is 11.3 Å². The largest absolute Gasteiger partial charge is 0.456 e. The molecular formula is C22H16N8O. The fourth-order valence-corrected chi connectivity index (χ4v) is 3.23. The van der Waals surface area contributed by atoms with Gasteiger partial charge in [-0.2, -0.15) is 19.9 Å². The van der Waals surface area contributed by atoms with Crippen molar-refractivity contribution in [1.29, 1.82) is 5.26 Å². The fraction of sp³-hybridized carbons (Fsp3) is 0.0909. The van der Waals surface area contributed by atoms with Crippen LogP contribution in [-0.4, -0.2) is 34.6 Å². The van der Waals surface area contributed by atoms with Gasteiger partial charge in [0.05, 0.1) is 6.07 Å². The molecule has 31 heavy (non-hydrogen) atoms. The first-order chi connectivity index (χ1) is 15.3. The summed E-state index contributed by atoms with van der Waals surface area (Å²) in [4.78, 5) is 4.09. The van der Waals surface area contributed by atoms with Crippen LogP contribution in [0.15, 0.2) is 73.1 Å². The minimum absolute atomic E-state index is 0.108. The highest BCUT2D eigenvalue weighted by molar-refractivity contribution is 5.70. The van der Waals surface area contributed by atoms with Crippen molar-refractivity contribution in [3.8, 4) is 34.6 Å². The summed E-state index contributed by atoms with van der Waals surface area (Å²) in [6, 6.07) is 23.8. The average Bonchev–Trinajstić information content (AvgIpc) is 3.45. The number of benzene rings is 2. The number of nitriles is 1. The van der Waals surface area contributed by atoms with Crippen molar-refractivity contribution in [1.82, 2.24) is 34.6 Å². The Balaban J connectivity index is 1.56. The quantitative estimate of drug-likeness (QED) is 0.425. The van der Waals surface area contributed by atoms with Crippen molar-refractivity contribution < 1.29 is 4.74 Å². The lowest BCUT2D eigenvalue weighted by Crippen LogP contribution is -2.07. The molecule has 0 atom stereocenters. The van der Waals surface area contributed by atoms with E-state index in [0.717, 1.165) is 16.7 Å². The van der Waals surface area contributed by atoms with Crippen LogP contribution in [0.4, 0.5) is 0 Å². The molecule has 3 heterocycles. The lowest BCUT2D eigenvalue weighted by Gasteiger charge is -2.10. The van der Waals surface area contributed by atoms with Crippen molar-refractivity contribution in [3.63, 3.8) is 0 Å². The molecule has 0 saturated heterocycles. The summed E-state index contributed by atoms with van der Waals surface area (Å²) in [6.07, 6.45) is 1.46. The van der Waals surface area contributed by atoms with E-state index in [1.807, 2.05) is 72.8 Å². The van der Waals surface area contributed by atoms with Crippen molar-refractivity contribution >= 4 is 5.65 Å². The Morgan fingerprint density at radius 1 is 0.903 bits per heavy atom. The van der Waals surface area contributed by atoms with Gasteiger partial charge in [-0.1, -0.05) is 60.7 Å². The highest BCUT2D eigenvalue weighted by Gasteiger charge is 2.16. The second-order valence-electron chi connectivity index (χ2n) is 6.70. The van der Waals surface area contributed by atoms with Crippen LogP contribution in [0.25, 0.3) is 28.2 Å². The molecule has 0 amide bonds. The molecule has 0 radical (unpaired) electrons. The molecule has 0 bridgehead atoms. The Labute approximate surface area is 177 Å². The Morgan fingerprint density at radius 2 is 1.65 bits per heavy atom. The fourth-order valence-electron chi connectivity index (χ4n) is 3.23. The van der Waals surface area contributed by atoms with Gasteiger partial charge in [-0.15, -0.1) is 15.3 Å². The number of aromatic nitrogens is 7. The van der Waals surface area contributed by atoms with Crippen LogP contribution in [0.3, 0.4) is 0 Å². The molecule has 0 N–H and O–H groups in total. The van der Waals surface area contributed by atoms with Crippen LogP contribution in [-0.2, 0) is 13.2 Å². The smallest absolute Gasteiger partial charge is 0.335 e. The van der Waals surface area contributed by atoms with Crippen molar-refractivity contribution in [2.24, 2.45) is 0 Å². The highest BCUT2D eigenvalue weighted by atomic mass is 16.5. The molecule has 3 aromatic heterocycles. The number of nitrogens with zero attached hydrogens (tertiary/aromatic N) is 8. The summed E-state index contributed by atoms with van der Waals surface area (Å²) >= 11 is 0. The molecule has 5 aromatic rings. The van der Waals surface area contributed by atoms with Gasteiger partial charge < -0.3 is 4.74 Å². The highest BCUT2D eigenvalue weighted by Crippen LogP contribution is 2.26. The maximum Gasteiger partial charge on any atom is 0.335 e. The Kier molecular flexibility index (Phi) is 4.79. The number of hydrogen-bond acceptors (Lipinski definition) is 7. The lowest BCUT2D eigenvalue weighted by atomic mass is 10.1. The minimum Gasteiger partial charge on any atom is -0.456 e. The Morgan fingerprint density at radius 3 is 2.39 bits per heavy atom. The number of rotatable bonds is 6. The van der Waals surface area contributed by atoms with Crippen LogP contribution in [0.5, 0.6) is 6.01 Å². The van der Waals surface area contributed by atoms with Crippen LogP contribution in [0.1, 0.15) is 5.69 Å². The van der Waals surface area contributed by atoms with E-state index in [2.05, 4.69) is 20.3 Å². The summed E-state index contributed by atoms with van der Waals surface area (Å²) in [5.74, 6) is 0.646. The van der Waals surface area contributed by atoms with Crippen LogP contribution >= 0.6 is 0 Å². The summed E-state index contributed by atoms with van der Waals surface area (Å²) in [5.41, 5.74) is 4.11. The number of ether oxygens (including phenoxy) is 1. The van der Waals surface area contributed by atoms with E-state index in [0.29, 0.717) is 17.2 Å². The van der Waals surface area contributed by atoms with Gasteiger partial charge in [-0.05, 0) is 11.6 Å². The summed E-state index contributed by atoms with van der Waals surface area (Å²) in [6.45, 7) is 0.250. The van der Waals surface area contributed by atoms with Gasteiger partial charge in [0.15, 0.2) is 11.5 Å². The zero-order valence-electron chi connectivity index (χ0n) is 16.3. The van der Waals surface area contributed by atoms with E-state index in [9.17, 15) is 0 Å². The standard InChI is InChI=1S/C22H16N8O/c23-11-12-29-15-24-22(28-29)31-14-19-18(16-7-3-1-4-8-16)13-20-25-26-21(30(20)27-19)17-9-5-2-6-10-17/h1-10,13,15H,12,14H2. The molecule has 9 heteroatoms. The van der Waals surface area contributed by atoms with Crippen molar-refractivity contribution in [2.75, 3.05) is 0 Å². The molecular weight excluding hydrogens is 392 g/mol. The monoisotopic (exact) mass is 408 g/mol. The molecule has 0 aliphatic carbocycles. The van der Waals surface area contributed by atoms with Gasteiger partial charge >= 0.3 is 6.01 Å². The van der Waals surface area contributed by atoms with E-state index in [-0.39, 0.29) is 19.2 Å². The lowest BCUT2D eigenvalue weighted by molar-refractivity contribution is 0.274. The zero-order chi connectivity index (χ0) is 21.0. The van der Waals surface area contributed by atoms with E-state index in [4.69, 9.17) is 15.1 Å². The van der Waals surface area contributed by atoms with Crippen molar-refractivity contribution in [3.05, 3.63) is 78.8 Å². The molecule has 0 aliphatic rings. The predicted octanol–water partition coefficient (Wildman–Crippen LogP) is 3.15. The summed E-state index contributed by atoms with van der Waals surface area (Å²) in [5, 5.41) is 26.4. The Bertz CT molecular complexity index is 1370. The predicted molar refractivity (Wildman–Crippen MR) is 112 cm³/mol. The first-order valence-electron chi connectivity index (χ1n) is 9.57. The van der Waals surface area contributed by atoms with E-state index in [1.54, 1.807) is 4.52 Å². The SMILES string of the molecule is N#CCn1cnc(OCc2nn3c(-c4ccccc4)nnc3cc2-c2ccccc2)n1. The van der Waals surface area contributed by atoms with Gasteiger partial charge in [-0.25, -0.2) is 4.68 Å². The van der Waals surface area contributed by atoms with Crippen molar-refractivity contribution in [2.45, 2.75) is 13.2 Å². The molecule has 5 rings (SSSR count). The first-order valence-corrected chi connectivity index (χ1v) is 9.57. The number of hydrogen-bond donors (Lipinski definition) is 0. The second-order valence-corrected chi connectivity index (χ2v) is 6.70. The molecule has 9 nitrogen and oxygen atoms in total. The molecule has 0 saturated carbocycles. The van der Waals surface area contributed by atoms with Crippen LogP contribution < -0.4 is 4.74 Å². The normalized spacial score (nSPS) is 10.8. The minimum atomic E-state index is 0.108. The third-order valence-corrected chi connectivity index (χ3v) is 4.67. The van der Waals surface area contributed by atoms with Gasteiger partial charge in [0, 0.05) is 11.1 Å². The van der Waals surface area contributed by atoms with E-state index < -0.39 is 0 Å². The second kappa shape index (κ2) is 8.04. The summed E-state index contributed by atoms with van der Waals surface area (Å²) in [7, 11) is 0. The molecule has 2 aromatic carbocycles. The maximum absolute atomic E-state index is 8.80. The Hall–Kier alpha value is -4.58. The molecule has 0 unspecified atom stereocenters. The van der Waals surface area contributed by atoms with Crippen LogP contribution in [0.2, 0.25) is 0 Å². The van der Waals surface area contributed by atoms with E-state index in [1.165, 1.54) is 11.0 Å². The number of fused-ring (bicyclic) bond motifs is 1. The summed E-state index contributed by atoms with van der Waals surface area (Å²) < 4.78 is 8.91. The molecule has 0 spiro atoms. The first kappa shape index (κ1) is 18.4. The molecule has 0 fully saturated rings. The van der Waals surface area contributed by atoms with Gasteiger partial charge in [0.25, 0.3) is 0 Å². The molecule has 150 valence electrons. The van der Waals surface area contributed by atoms with E-state index >= 15 is 0 Å². The zero-order valence-corrected chi connectivity index (χ0v) is 16.3. The van der Waals surface area contributed by atoms with Gasteiger partial charge in [-0.3, -0.25) is 0 Å². The maximum atomic E-state index is 8.80.